The Hall–Kier alpha value is -2.91. The highest BCUT2D eigenvalue weighted by Crippen LogP contribution is 2.55. The van der Waals surface area contributed by atoms with Gasteiger partial charge in [-0.25, -0.2) is 0 Å². The van der Waals surface area contributed by atoms with Gasteiger partial charge in [-0.3, -0.25) is 9.59 Å². The summed E-state index contributed by atoms with van der Waals surface area (Å²) in [5.74, 6) is -0.390. The number of halogens is 1. The summed E-state index contributed by atoms with van der Waals surface area (Å²) in [5, 5.41) is 26.2. The third-order valence-corrected chi connectivity index (χ3v) is 8.44. The molecule has 1 aromatic heterocycles. The number of hydrogen-bond donors (Lipinski definition) is 3. The Bertz CT molecular complexity index is 1240. The van der Waals surface area contributed by atoms with Crippen LogP contribution in [-0.4, -0.2) is 65.3 Å². The average Bonchev–Trinajstić information content (AvgIpc) is 3.60. The molecule has 2 aliphatic rings. The number of thiophene rings is 1. The highest BCUT2D eigenvalue weighted by atomic mass is 35.5. The second kappa shape index (κ2) is 11.2. The van der Waals surface area contributed by atoms with Gasteiger partial charge in [0, 0.05) is 31.1 Å². The number of carbonyl (C=O) groups excluding carboxylic acids is 2. The van der Waals surface area contributed by atoms with E-state index in [0.29, 0.717) is 43.0 Å². The van der Waals surface area contributed by atoms with Crippen LogP contribution >= 0.6 is 22.9 Å². The first kappa shape index (κ1) is 25.7. The molecule has 37 heavy (non-hydrogen) atoms. The summed E-state index contributed by atoms with van der Waals surface area (Å²) in [5.41, 5.74) is 3.50. The van der Waals surface area contributed by atoms with Gasteiger partial charge in [-0.15, -0.1) is 11.3 Å². The number of nitrogens with one attached hydrogen (secondary N) is 1. The number of para-hydroxylation sites is 1. The fourth-order valence-corrected chi connectivity index (χ4v) is 6.08. The predicted octanol–water partition coefficient (Wildman–Crippen LogP) is 3.36. The molecule has 9 heteroatoms. The van der Waals surface area contributed by atoms with Crippen molar-refractivity contribution in [3.8, 4) is 0 Å². The molecule has 1 saturated heterocycles. The summed E-state index contributed by atoms with van der Waals surface area (Å²) in [7, 11) is 0. The topological polar surface area (TPSA) is 93.1 Å². The SMILES string of the molecule is O=C(NCc1cc(C2CC2c2ccccc2)cs1)[C@H](O)[C@@H](O)C(=O)N1CCN(c2ccccc2Cl)CC1. The highest BCUT2D eigenvalue weighted by molar-refractivity contribution is 7.10. The molecule has 1 aliphatic heterocycles. The van der Waals surface area contributed by atoms with Gasteiger partial charge in [-0.05, 0) is 53.0 Å². The Morgan fingerprint density at radius 2 is 1.62 bits per heavy atom. The van der Waals surface area contributed by atoms with Crippen LogP contribution < -0.4 is 10.2 Å². The number of piperazine rings is 1. The molecule has 1 saturated carbocycles. The zero-order chi connectivity index (χ0) is 25.9. The molecule has 2 unspecified atom stereocenters. The van der Waals surface area contributed by atoms with Crippen LogP contribution in [0.1, 0.15) is 34.3 Å². The maximum absolute atomic E-state index is 12.8. The lowest BCUT2D eigenvalue weighted by Gasteiger charge is -2.37. The van der Waals surface area contributed by atoms with Crippen LogP contribution in [0.3, 0.4) is 0 Å². The summed E-state index contributed by atoms with van der Waals surface area (Å²) < 4.78 is 0. The van der Waals surface area contributed by atoms with Gasteiger partial charge in [0.1, 0.15) is 0 Å². The van der Waals surface area contributed by atoms with Crippen molar-refractivity contribution in [2.45, 2.75) is 37.0 Å². The maximum atomic E-state index is 12.8. The minimum absolute atomic E-state index is 0.237. The fourth-order valence-electron chi connectivity index (χ4n) is 4.94. The van der Waals surface area contributed by atoms with Crippen LogP contribution in [0.4, 0.5) is 5.69 Å². The number of hydrogen-bond acceptors (Lipinski definition) is 6. The molecule has 2 heterocycles. The van der Waals surface area contributed by atoms with Crippen molar-refractivity contribution in [3.05, 3.63) is 87.1 Å². The third-order valence-electron chi connectivity index (χ3n) is 7.16. The van der Waals surface area contributed by atoms with Crippen LogP contribution in [-0.2, 0) is 16.1 Å². The summed E-state index contributed by atoms with van der Waals surface area (Å²) in [6.07, 6.45) is -2.53. The Balaban J connectivity index is 1.08. The van der Waals surface area contributed by atoms with Gasteiger partial charge < -0.3 is 25.3 Å². The second-order valence-electron chi connectivity index (χ2n) is 9.58. The van der Waals surface area contributed by atoms with Crippen LogP contribution in [0, 0.1) is 0 Å². The zero-order valence-electron chi connectivity index (χ0n) is 20.3. The average molecular weight is 540 g/mol. The van der Waals surface area contributed by atoms with Crippen LogP contribution in [0.5, 0.6) is 0 Å². The summed E-state index contributed by atoms with van der Waals surface area (Å²) >= 11 is 7.83. The minimum Gasteiger partial charge on any atom is -0.380 e. The standard InChI is InChI=1S/C28H30ClN3O4S/c29-23-8-4-5-9-24(23)31-10-12-32(13-11-31)28(36)26(34)25(33)27(35)30-16-20-14-19(17-37-20)22-15-21(22)18-6-2-1-3-7-18/h1-9,14,17,21-22,25-26,33-34H,10-13,15-16H2,(H,30,35)/t21?,22?,25-,26-/m1/s1. The summed E-state index contributed by atoms with van der Waals surface area (Å²) in [4.78, 5) is 29.8. The monoisotopic (exact) mass is 539 g/mol. The normalized spacial score (nSPS) is 20.8. The van der Waals surface area contributed by atoms with E-state index in [0.717, 1.165) is 17.0 Å². The Labute approximate surface area is 225 Å². The fraction of sp³-hybridized carbons (Fsp3) is 0.357. The Kier molecular flexibility index (Phi) is 7.81. The first-order valence-electron chi connectivity index (χ1n) is 12.5. The number of nitrogens with zero attached hydrogens (tertiary/aromatic N) is 2. The lowest BCUT2D eigenvalue weighted by molar-refractivity contribution is -0.153. The van der Waals surface area contributed by atoms with Crippen molar-refractivity contribution < 1.29 is 19.8 Å². The van der Waals surface area contributed by atoms with Gasteiger partial charge in [0.15, 0.2) is 12.2 Å². The van der Waals surface area contributed by atoms with E-state index in [9.17, 15) is 19.8 Å². The Morgan fingerprint density at radius 1 is 0.946 bits per heavy atom. The number of rotatable bonds is 8. The van der Waals surface area contributed by atoms with E-state index in [1.165, 1.54) is 16.0 Å². The van der Waals surface area contributed by atoms with Crippen LogP contribution in [0.15, 0.2) is 66.0 Å². The molecule has 5 rings (SSSR count). The van der Waals surface area contributed by atoms with Crippen LogP contribution in [0.2, 0.25) is 5.02 Å². The smallest absolute Gasteiger partial charge is 0.254 e. The van der Waals surface area contributed by atoms with Gasteiger partial charge in [-0.2, -0.15) is 0 Å². The first-order chi connectivity index (χ1) is 17.9. The molecule has 3 aromatic rings. The minimum atomic E-state index is -1.83. The van der Waals surface area contributed by atoms with Crippen molar-refractivity contribution in [2.24, 2.45) is 0 Å². The van der Waals surface area contributed by atoms with E-state index >= 15 is 0 Å². The summed E-state index contributed by atoms with van der Waals surface area (Å²) in [6.45, 7) is 2.03. The van der Waals surface area contributed by atoms with Gasteiger partial charge in [0.05, 0.1) is 17.3 Å². The lowest BCUT2D eigenvalue weighted by atomic mass is 10.1. The number of benzene rings is 2. The van der Waals surface area contributed by atoms with Crippen molar-refractivity contribution in [2.75, 3.05) is 31.1 Å². The second-order valence-corrected chi connectivity index (χ2v) is 11.0. The van der Waals surface area contributed by atoms with Crippen molar-refractivity contribution in [1.82, 2.24) is 10.2 Å². The molecule has 1 aliphatic carbocycles. The lowest BCUT2D eigenvalue weighted by Crippen LogP contribution is -2.55. The largest absolute Gasteiger partial charge is 0.380 e. The van der Waals surface area contributed by atoms with Gasteiger partial charge in [0.2, 0.25) is 0 Å². The maximum Gasteiger partial charge on any atom is 0.254 e. The number of aliphatic hydroxyl groups excluding tert-OH is 2. The third kappa shape index (κ3) is 5.83. The Morgan fingerprint density at radius 3 is 2.35 bits per heavy atom. The first-order valence-corrected chi connectivity index (χ1v) is 13.7. The zero-order valence-corrected chi connectivity index (χ0v) is 21.9. The molecular formula is C28H30ClN3O4S. The van der Waals surface area contributed by atoms with E-state index in [-0.39, 0.29) is 6.54 Å². The molecule has 0 radical (unpaired) electrons. The van der Waals surface area contributed by atoms with E-state index in [1.54, 1.807) is 11.3 Å². The van der Waals surface area contributed by atoms with Gasteiger partial charge in [-0.1, -0.05) is 54.1 Å². The van der Waals surface area contributed by atoms with Crippen molar-refractivity contribution >= 4 is 40.4 Å². The molecule has 3 N–H and O–H groups in total. The van der Waals surface area contributed by atoms with Crippen LogP contribution in [0.25, 0.3) is 0 Å². The molecule has 2 amide bonds. The van der Waals surface area contributed by atoms with E-state index < -0.39 is 24.0 Å². The molecular weight excluding hydrogens is 510 g/mol. The predicted molar refractivity (Wildman–Crippen MR) is 145 cm³/mol. The molecule has 2 aromatic carbocycles. The quantitative estimate of drug-likeness (QED) is 0.408. The highest BCUT2D eigenvalue weighted by Gasteiger charge is 2.40. The van der Waals surface area contributed by atoms with E-state index in [4.69, 9.17) is 11.6 Å². The summed E-state index contributed by atoms with van der Waals surface area (Å²) in [6, 6.07) is 20.1. The van der Waals surface area contributed by atoms with Gasteiger partial charge in [0.25, 0.3) is 11.8 Å². The van der Waals surface area contributed by atoms with Crippen molar-refractivity contribution in [1.29, 1.82) is 0 Å². The number of anilines is 1. The van der Waals surface area contributed by atoms with Crippen molar-refractivity contribution in [3.63, 3.8) is 0 Å². The molecule has 194 valence electrons. The number of aliphatic hydroxyl groups is 2. The molecule has 2 fully saturated rings. The molecule has 7 nitrogen and oxygen atoms in total. The molecule has 4 atom stereocenters. The van der Waals surface area contributed by atoms with E-state index in [2.05, 4.69) is 45.9 Å². The molecule has 0 spiro atoms. The molecule has 0 bridgehead atoms. The van der Waals surface area contributed by atoms with E-state index in [1.807, 2.05) is 30.3 Å². The number of carbonyl (C=O) groups is 2. The van der Waals surface area contributed by atoms with Gasteiger partial charge >= 0.3 is 0 Å². The number of amides is 2.